The summed E-state index contributed by atoms with van der Waals surface area (Å²) in [5.41, 5.74) is 4.45. The van der Waals surface area contributed by atoms with Crippen molar-refractivity contribution in [3.05, 3.63) is 58.9 Å². The van der Waals surface area contributed by atoms with Crippen molar-refractivity contribution in [1.29, 1.82) is 0 Å². The highest BCUT2D eigenvalue weighted by atomic mass is 35.5. The van der Waals surface area contributed by atoms with Gasteiger partial charge >= 0.3 is 0 Å². The molecule has 0 radical (unpaired) electrons. The number of hydrogen-bond donors (Lipinski definition) is 0. The second-order valence-electron chi connectivity index (χ2n) is 7.74. The van der Waals surface area contributed by atoms with Crippen LogP contribution in [0.1, 0.15) is 18.4 Å². The monoisotopic (exact) mass is 384 g/mol. The highest BCUT2D eigenvalue weighted by molar-refractivity contribution is 6.78. The fourth-order valence-electron chi connectivity index (χ4n) is 2.78. The van der Waals surface area contributed by atoms with Crippen LogP contribution < -0.4 is 4.90 Å². The minimum Gasteiger partial charge on any atom is -0.437 e. The van der Waals surface area contributed by atoms with E-state index in [0.29, 0.717) is 16.6 Å². The van der Waals surface area contributed by atoms with Gasteiger partial charge in [0, 0.05) is 29.5 Å². The van der Waals surface area contributed by atoms with Crippen LogP contribution in [-0.4, -0.2) is 25.8 Å². The van der Waals surface area contributed by atoms with Crippen LogP contribution in [0.5, 0.6) is 0 Å². The van der Waals surface area contributed by atoms with Crippen molar-refractivity contribution < 1.29 is 4.42 Å². The summed E-state index contributed by atoms with van der Waals surface area (Å²) in [6, 6.07) is 14.0. The lowest BCUT2D eigenvalue weighted by Crippen LogP contribution is -2.47. The zero-order valence-electron chi connectivity index (χ0n) is 16.0. The number of oxazole rings is 1. The van der Waals surface area contributed by atoms with E-state index >= 15 is 0 Å². The second kappa shape index (κ2) is 7.29. The Hall–Kier alpha value is -2.04. The van der Waals surface area contributed by atoms with E-state index in [9.17, 15) is 0 Å². The topological polar surface area (TPSA) is 29.3 Å². The van der Waals surface area contributed by atoms with Crippen molar-refractivity contribution in [2.24, 2.45) is 0 Å². The first kappa shape index (κ1) is 18.7. The number of fused-ring (bicyclic) bond motifs is 1. The summed E-state index contributed by atoms with van der Waals surface area (Å²) in [7, 11) is 0.960. The number of rotatable bonds is 5. The molecule has 1 aromatic heterocycles. The molecule has 0 saturated heterocycles. The molecule has 3 aromatic rings. The standard InChI is InChI=1S/C21H25ClN2OSi/c1-15(26(3,4)5)24(2)18-10-6-16(7-11-18)8-13-21-23-19-14-17(22)9-12-20(19)25-21/h6-15H,1-5H3/b13-8+. The molecule has 1 unspecified atom stereocenters. The molecular formula is C21H25ClN2OSi. The lowest BCUT2D eigenvalue weighted by Gasteiger charge is -2.35. The molecule has 0 aliphatic heterocycles. The maximum Gasteiger partial charge on any atom is 0.220 e. The third-order valence-electron chi connectivity index (χ3n) is 4.92. The van der Waals surface area contributed by atoms with Gasteiger partial charge in [-0.05, 0) is 48.9 Å². The number of hydrogen-bond acceptors (Lipinski definition) is 3. The van der Waals surface area contributed by atoms with Gasteiger partial charge in [0.05, 0.1) is 8.07 Å². The molecule has 136 valence electrons. The van der Waals surface area contributed by atoms with Gasteiger partial charge in [-0.1, -0.05) is 43.4 Å². The summed E-state index contributed by atoms with van der Waals surface area (Å²) in [6.45, 7) is 9.52. The van der Waals surface area contributed by atoms with E-state index in [4.69, 9.17) is 16.0 Å². The van der Waals surface area contributed by atoms with E-state index in [-0.39, 0.29) is 0 Å². The Morgan fingerprint density at radius 3 is 2.42 bits per heavy atom. The zero-order valence-corrected chi connectivity index (χ0v) is 17.7. The Morgan fingerprint density at radius 1 is 1.08 bits per heavy atom. The van der Waals surface area contributed by atoms with E-state index in [2.05, 4.69) is 67.8 Å². The van der Waals surface area contributed by atoms with Crippen molar-refractivity contribution in [1.82, 2.24) is 4.98 Å². The molecule has 0 aliphatic carbocycles. The lowest BCUT2D eigenvalue weighted by molar-refractivity contribution is 0.590. The van der Waals surface area contributed by atoms with E-state index in [1.165, 1.54) is 5.69 Å². The molecule has 0 N–H and O–H groups in total. The zero-order chi connectivity index (χ0) is 18.9. The predicted molar refractivity (Wildman–Crippen MR) is 116 cm³/mol. The van der Waals surface area contributed by atoms with Gasteiger partial charge in [0.2, 0.25) is 5.89 Å². The molecule has 0 aliphatic rings. The van der Waals surface area contributed by atoms with Gasteiger partial charge in [0.15, 0.2) is 5.58 Å². The normalized spacial score (nSPS) is 13.5. The van der Waals surface area contributed by atoms with Crippen molar-refractivity contribution in [3.8, 4) is 0 Å². The van der Waals surface area contributed by atoms with E-state index < -0.39 is 8.07 Å². The molecule has 0 spiro atoms. The molecule has 1 heterocycles. The van der Waals surface area contributed by atoms with Gasteiger partial charge in [0.25, 0.3) is 0 Å². The average molecular weight is 385 g/mol. The van der Waals surface area contributed by atoms with Gasteiger partial charge in [-0.3, -0.25) is 0 Å². The second-order valence-corrected chi connectivity index (χ2v) is 13.7. The van der Waals surface area contributed by atoms with Crippen molar-refractivity contribution in [2.45, 2.75) is 32.2 Å². The summed E-state index contributed by atoms with van der Waals surface area (Å²) < 4.78 is 5.72. The number of benzene rings is 2. The first-order chi connectivity index (χ1) is 12.2. The molecule has 0 amide bonds. The van der Waals surface area contributed by atoms with Crippen LogP contribution in [0.4, 0.5) is 5.69 Å². The SMILES string of the molecule is CC(N(C)c1ccc(/C=C/c2nc3cc(Cl)ccc3o2)cc1)[Si](C)(C)C. The van der Waals surface area contributed by atoms with Crippen LogP contribution in [0.2, 0.25) is 24.7 Å². The fraction of sp³-hybridized carbons (Fsp3) is 0.286. The Morgan fingerprint density at radius 2 is 1.77 bits per heavy atom. The molecule has 0 saturated carbocycles. The smallest absolute Gasteiger partial charge is 0.220 e. The summed E-state index contributed by atoms with van der Waals surface area (Å²) in [6.07, 6.45) is 3.90. The maximum absolute atomic E-state index is 5.99. The fourth-order valence-corrected chi connectivity index (χ4v) is 4.26. The van der Waals surface area contributed by atoms with Gasteiger partial charge in [-0.2, -0.15) is 0 Å². The number of aromatic nitrogens is 1. The van der Waals surface area contributed by atoms with Crippen LogP contribution >= 0.6 is 11.6 Å². The average Bonchev–Trinajstić information content (AvgIpc) is 3.00. The van der Waals surface area contributed by atoms with Crippen LogP contribution in [0.25, 0.3) is 23.3 Å². The Labute approximate surface area is 161 Å². The number of halogens is 1. The first-order valence-electron chi connectivity index (χ1n) is 8.81. The third-order valence-corrected chi connectivity index (χ3v) is 8.05. The maximum atomic E-state index is 5.99. The van der Waals surface area contributed by atoms with E-state index in [1.807, 2.05) is 24.3 Å². The molecule has 0 bridgehead atoms. The highest BCUT2D eigenvalue weighted by Gasteiger charge is 2.26. The van der Waals surface area contributed by atoms with E-state index in [1.54, 1.807) is 6.07 Å². The molecule has 3 rings (SSSR count). The van der Waals surface area contributed by atoms with Gasteiger partial charge < -0.3 is 9.32 Å². The molecule has 0 fully saturated rings. The summed E-state index contributed by atoms with van der Waals surface area (Å²) in [5.74, 6) is 0.579. The van der Waals surface area contributed by atoms with Crippen molar-refractivity contribution >= 4 is 48.6 Å². The Kier molecular flexibility index (Phi) is 5.26. The quantitative estimate of drug-likeness (QED) is 0.479. The third kappa shape index (κ3) is 4.19. The van der Waals surface area contributed by atoms with Crippen LogP contribution in [0, 0.1) is 0 Å². The number of anilines is 1. The van der Waals surface area contributed by atoms with Gasteiger partial charge in [-0.15, -0.1) is 0 Å². The molecule has 26 heavy (non-hydrogen) atoms. The summed E-state index contributed by atoms with van der Waals surface area (Å²) in [5, 5.41) is 0.661. The van der Waals surface area contributed by atoms with E-state index in [0.717, 1.165) is 16.7 Å². The van der Waals surface area contributed by atoms with Crippen LogP contribution in [0.3, 0.4) is 0 Å². The molecule has 5 heteroatoms. The van der Waals surface area contributed by atoms with Crippen molar-refractivity contribution in [2.75, 3.05) is 11.9 Å². The summed E-state index contributed by atoms with van der Waals surface area (Å²) >= 11 is 5.99. The minimum atomic E-state index is -1.22. The number of nitrogens with zero attached hydrogens (tertiary/aromatic N) is 2. The van der Waals surface area contributed by atoms with Gasteiger partial charge in [0.1, 0.15) is 5.52 Å². The predicted octanol–water partition coefficient (Wildman–Crippen LogP) is 6.35. The van der Waals surface area contributed by atoms with Crippen LogP contribution in [-0.2, 0) is 0 Å². The molecular weight excluding hydrogens is 360 g/mol. The molecule has 3 nitrogen and oxygen atoms in total. The Bertz CT molecular complexity index is 925. The Balaban J connectivity index is 1.75. The first-order valence-corrected chi connectivity index (χ1v) is 12.8. The minimum absolute atomic E-state index is 0.579. The van der Waals surface area contributed by atoms with Crippen molar-refractivity contribution in [3.63, 3.8) is 0 Å². The van der Waals surface area contributed by atoms with Crippen LogP contribution in [0.15, 0.2) is 46.9 Å². The lowest BCUT2D eigenvalue weighted by atomic mass is 10.2. The largest absolute Gasteiger partial charge is 0.437 e. The van der Waals surface area contributed by atoms with Gasteiger partial charge in [-0.25, -0.2) is 4.98 Å². The molecule has 1 atom stereocenters. The molecule has 2 aromatic carbocycles. The summed E-state index contributed by atoms with van der Waals surface area (Å²) in [4.78, 5) is 6.82. The highest BCUT2D eigenvalue weighted by Crippen LogP contribution is 2.23.